The summed E-state index contributed by atoms with van der Waals surface area (Å²) in [5, 5.41) is 1.69. The lowest BCUT2D eigenvalue weighted by Crippen LogP contribution is -2.01. The summed E-state index contributed by atoms with van der Waals surface area (Å²) in [6.45, 7) is 2.54. The number of anilines is 1. The van der Waals surface area contributed by atoms with Crippen molar-refractivity contribution in [2.24, 2.45) is 0 Å². The van der Waals surface area contributed by atoms with Gasteiger partial charge in [0.1, 0.15) is 15.5 Å². The van der Waals surface area contributed by atoms with Gasteiger partial charge in [0.25, 0.3) is 0 Å². The van der Waals surface area contributed by atoms with Crippen LogP contribution in [-0.2, 0) is 4.74 Å². The minimum absolute atomic E-state index is 0.389. The van der Waals surface area contributed by atoms with Gasteiger partial charge < -0.3 is 15.2 Å². The van der Waals surface area contributed by atoms with Crippen molar-refractivity contribution in [1.82, 2.24) is 4.98 Å². The molecule has 0 bridgehead atoms. The van der Waals surface area contributed by atoms with Crippen molar-refractivity contribution < 1.29 is 14.3 Å². The van der Waals surface area contributed by atoms with Crippen LogP contribution < -0.4 is 10.5 Å². The van der Waals surface area contributed by atoms with E-state index in [2.05, 4.69) is 4.98 Å². The molecule has 0 aliphatic heterocycles. The van der Waals surface area contributed by atoms with Crippen LogP contribution in [0.1, 0.15) is 16.6 Å². The van der Waals surface area contributed by atoms with Crippen LogP contribution in [0.4, 0.5) is 5.69 Å². The number of aromatic nitrogens is 1. The van der Waals surface area contributed by atoms with Crippen molar-refractivity contribution in [1.29, 1.82) is 0 Å². The Labute approximate surface area is 125 Å². The molecule has 2 N–H and O–H groups in total. The van der Waals surface area contributed by atoms with E-state index in [9.17, 15) is 4.79 Å². The normalized spacial score (nSPS) is 11.0. The Hall–Kier alpha value is -2.34. The van der Waals surface area contributed by atoms with Gasteiger partial charge >= 0.3 is 5.97 Å². The van der Waals surface area contributed by atoms with Crippen molar-refractivity contribution in [2.75, 3.05) is 19.5 Å². The summed E-state index contributed by atoms with van der Waals surface area (Å²) in [5.41, 5.74) is 7.29. The minimum atomic E-state index is -0.436. The molecule has 1 aromatic carbocycles. The van der Waals surface area contributed by atoms with E-state index < -0.39 is 5.97 Å². The van der Waals surface area contributed by atoms with Gasteiger partial charge in [0.05, 0.1) is 24.9 Å². The second kappa shape index (κ2) is 5.21. The zero-order valence-corrected chi connectivity index (χ0v) is 12.5. The maximum absolute atomic E-state index is 11.7. The highest BCUT2D eigenvalue weighted by Crippen LogP contribution is 2.35. The molecule has 21 heavy (non-hydrogen) atoms. The zero-order chi connectivity index (χ0) is 15.0. The molecule has 0 fully saturated rings. The van der Waals surface area contributed by atoms with Gasteiger partial charge in [-0.3, -0.25) is 0 Å². The van der Waals surface area contributed by atoms with Crippen LogP contribution >= 0.6 is 11.3 Å². The van der Waals surface area contributed by atoms with Gasteiger partial charge in [-0.2, -0.15) is 0 Å². The van der Waals surface area contributed by atoms with Gasteiger partial charge in [-0.1, -0.05) is 0 Å². The van der Waals surface area contributed by atoms with Crippen molar-refractivity contribution >= 4 is 44.1 Å². The molecule has 0 radical (unpaired) electrons. The van der Waals surface area contributed by atoms with Crippen molar-refractivity contribution in [3.05, 3.63) is 29.1 Å². The fourth-order valence-electron chi connectivity index (χ4n) is 2.18. The molecular formula is C15H14N2O3S. The smallest absolute Gasteiger partial charge is 0.350 e. The number of nitrogen functional groups attached to an aromatic ring is 1. The van der Waals surface area contributed by atoms with Crippen molar-refractivity contribution in [2.45, 2.75) is 6.92 Å². The highest BCUT2D eigenvalue weighted by Gasteiger charge is 2.18. The summed E-state index contributed by atoms with van der Waals surface area (Å²) in [4.78, 5) is 17.4. The monoisotopic (exact) mass is 302 g/mol. The summed E-state index contributed by atoms with van der Waals surface area (Å²) in [7, 11) is 1.34. The molecule has 0 aliphatic carbocycles. The number of hydrogen-bond acceptors (Lipinski definition) is 6. The number of methoxy groups -OCH3 is 1. The first-order chi connectivity index (χ1) is 10.1. The first kappa shape index (κ1) is 13.6. The number of esters is 1. The fraction of sp³-hybridized carbons (Fsp3) is 0.200. The number of carbonyl (C=O) groups excluding carboxylic acids is 1. The predicted octanol–water partition coefficient (Wildman–Crippen LogP) is 3.22. The number of benzene rings is 1. The summed E-state index contributed by atoms with van der Waals surface area (Å²) in [6.07, 6.45) is 0. The molecule has 0 atom stereocenters. The molecule has 2 aromatic heterocycles. The third-order valence-electron chi connectivity index (χ3n) is 3.17. The minimum Gasteiger partial charge on any atom is -0.494 e. The Morgan fingerprint density at radius 2 is 2.19 bits per heavy atom. The Morgan fingerprint density at radius 1 is 1.38 bits per heavy atom. The van der Waals surface area contributed by atoms with Crippen LogP contribution in [-0.4, -0.2) is 24.7 Å². The largest absolute Gasteiger partial charge is 0.494 e. The van der Waals surface area contributed by atoms with Gasteiger partial charge in [0, 0.05) is 10.8 Å². The Bertz CT molecular complexity index is 842. The molecule has 3 rings (SSSR count). The third-order valence-corrected chi connectivity index (χ3v) is 4.26. The number of fused-ring (bicyclic) bond motifs is 2. The van der Waals surface area contributed by atoms with E-state index in [1.807, 2.05) is 31.2 Å². The highest BCUT2D eigenvalue weighted by atomic mass is 32.1. The van der Waals surface area contributed by atoms with E-state index in [4.69, 9.17) is 15.2 Å². The lowest BCUT2D eigenvalue weighted by molar-refractivity contribution is 0.0607. The first-order valence-corrected chi connectivity index (χ1v) is 7.29. The zero-order valence-electron chi connectivity index (χ0n) is 11.7. The van der Waals surface area contributed by atoms with Gasteiger partial charge in [-0.25, -0.2) is 9.78 Å². The van der Waals surface area contributed by atoms with Crippen LogP contribution in [0.15, 0.2) is 24.3 Å². The average molecular weight is 302 g/mol. The molecule has 108 valence electrons. The van der Waals surface area contributed by atoms with E-state index in [-0.39, 0.29) is 0 Å². The highest BCUT2D eigenvalue weighted by molar-refractivity contribution is 7.21. The third kappa shape index (κ3) is 2.27. The SMILES string of the molecule is CCOc1ccc2nc3sc(C(=O)OC)c(N)c3cc2c1. The molecule has 2 heterocycles. The number of nitrogens with zero attached hydrogens (tertiary/aromatic N) is 1. The van der Waals surface area contributed by atoms with Crippen LogP contribution in [0, 0.1) is 0 Å². The quantitative estimate of drug-likeness (QED) is 0.752. The molecule has 0 aliphatic rings. The predicted molar refractivity (Wildman–Crippen MR) is 84.0 cm³/mol. The lowest BCUT2D eigenvalue weighted by Gasteiger charge is -2.04. The van der Waals surface area contributed by atoms with Gasteiger partial charge in [-0.15, -0.1) is 11.3 Å². The van der Waals surface area contributed by atoms with E-state index in [0.717, 1.165) is 26.9 Å². The standard InChI is InChI=1S/C15H14N2O3S/c1-3-20-9-4-5-11-8(6-9)7-10-12(16)13(15(18)19-2)21-14(10)17-11/h4-7H,3,16H2,1-2H3. The van der Waals surface area contributed by atoms with Crippen LogP contribution in [0.3, 0.4) is 0 Å². The number of nitrogens with two attached hydrogens (primary N) is 1. The van der Waals surface area contributed by atoms with Crippen LogP contribution in [0.5, 0.6) is 5.75 Å². The summed E-state index contributed by atoms with van der Waals surface area (Å²) in [5.74, 6) is 0.350. The number of thiophene rings is 1. The number of ether oxygens (including phenoxy) is 2. The number of rotatable bonds is 3. The lowest BCUT2D eigenvalue weighted by atomic mass is 10.1. The topological polar surface area (TPSA) is 74.4 Å². The second-order valence-corrected chi connectivity index (χ2v) is 5.46. The molecule has 5 nitrogen and oxygen atoms in total. The number of carbonyl (C=O) groups is 1. The summed E-state index contributed by atoms with van der Waals surface area (Å²) in [6, 6.07) is 7.62. The maximum atomic E-state index is 11.7. The Morgan fingerprint density at radius 3 is 2.90 bits per heavy atom. The van der Waals surface area contributed by atoms with Crippen LogP contribution in [0.25, 0.3) is 21.1 Å². The average Bonchev–Trinajstić information content (AvgIpc) is 2.81. The summed E-state index contributed by atoms with van der Waals surface area (Å²) < 4.78 is 10.2. The molecule has 0 saturated carbocycles. The fourth-order valence-corrected chi connectivity index (χ4v) is 3.19. The van der Waals surface area contributed by atoms with Crippen molar-refractivity contribution in [3.8, 4) is 5.75 Å². The molecule has 0 spiro atoms. The van der Waals surface area contributed by atoms with Crippen molar-refractivity contribution in [3.63, 3.8) is 0 Å². The second-order valence-electron chi connectivity index (χ2n) is 4.47. The maximum Gasteiger partial charge on any atom is 0.350 e. The molecule has 0 unspecified atom stereocenters. The molecule has 3 aromatic rings. The van der Waals surface area contributed by atoms with Gasteiger partial charge in [0.2, 0.25) is 0 Å². The van der Waals surface area contributed by atoms with E-state index >= 15 is 0 Å². The Kier molecular flexibility index (Phi) is 3.39. The summed E-state index contributed by atoms with van der Waals surface area (Å²) >= 11 is 1.24. The van der Waals surface area contributed by atoms with E-state index in [0.29, 0.717) is 17.2 Å². The van der Waals surface area contributed by atoms with Gasteiger partial charge in [-0.05, 0) is 31.2 Å². The van der Waals surface area contributed by atoms with E-state index in [1.165, 1.54) is 18.4 Å². The molecule has 0 amide bonds. The van der Waals surface area contributed by atoms with E-state index in [1.54, 1.807) is 0 Å². The first-order valence-electron chi connectivity index (χ1n) is 6.48. The number of hydrogen-bond donors (Lipinski definition) is 1. The Balaban J connectivity index is 2.22. The molecule has 6 heteroatoms. The number of pyridine rings is 1. The van der Waals surface area contributed by atoms with Gasteiger partial charge in [0.15, 0.2) is 0 Å². The van der Waals surface area contributed by atoms with Crippen LogP contribution in [0.2, 0.25) is 0 Å². The molecular weight excluding hydrogens is 288 g/mol. The molecule has 0 saturated heterocycles.